The monoisotopic (exact) mass is 299 g/mol. The predicted molar refractivity (Wildman–Crippen MR) is 72.5 cm³/mol. The lowest BCUT2D eigenvalue weighted by Crippen LogP contribution is -2.40. The molecule has 1 fully saturated rings. The number of likely N-dealkylation sites (tertiary alicyclic amines) is 1. The van der Waals surface area contributed by atoms with Crippen LogP contribution in [0.1, 0.15) is 24.8 Å². The van der Waals surface area contributed by atoms with Crippen LogP contribution in [0.3, 0.4) is 0 Å². The number of carboxylic acid groups (broad SMARTS) is 1. The Bertz CT molecular complexity index is 551. The SMILES string of the molecule is CC(C(=O)N1CCC(F)(C(=O)O)C1)c1cccc(Cl)c1. The quantitative estimate of drug-likeness (QED) is 0.933. The zero-order valence-electron chi connectivity index (χ0n) is 11.0. The van der Waals surface area contributed by atoms with Crippen molar-refractivity contribution >= 4 is 23.5 Å². The van der Waals surface area contributed by atoms with E-state index in [4.69, 9.17) is 16.7 Å². The van der Waals surface area contributed by atoms with Crippen LogP contribution in [0.25, 0.3) is 0 Å². The van der Waals surface area contributed by atoms with Crippen molar-refractivity contribution in [2.24, 2.45) is 0 Å². The number of carbonyl (C=O) groups excluding carboxylic acids is 1. The van der Waals surface area contributed by atoms with Gasteiger partial charge < -0.3 is 10.0 Å². The van der Waals surface area contributed by atoms with Crippen LogP contribution >= 0.6 is 11.6 Å². The summed E-state index contributed by atoms with van der Waals surface area (Å²) < 4.78 is 14.0. The van der Waals surface area contributed by atoms with E-state index in [9.17, 15) is 14.0 Å². The number of hydrogen-bond donors (Lipinski definition) is 1. The number of carbonyl (C=O) groups is 2. The number of halogens is 2. The number of alkyl halides is 1. The maximum atomic E-state index is 14.0. The first-order chi connectivity index (χ1) is 9.33. The van der Waals surface area contributed by atoms with E-state index in [0.717, 1.165) is 5.56 Å². The molecule has 4 nitrogen and oxygen atoms in total. The number of hydrogen-bond acceptors (Lipinski definition) is 2. The number of amides is 1. The Hall–Kier alpha value is -1.62. The highest BCUT2D eigenvalue weighted by atomic mass is 35.5. The fourth-order valence-electron chi connectivity index (χ4n) is 2.33. The normalized spacial score (nSPS) is 23.6. The van der Waals surface area contributed by atoms with Crippen molar-refractivity contribution in [1.29, 1.82) is 0 Å². The van der Waals surface area contributed by atoms with Crippen molar-refractivity contribution < 1.29 is 19.1 Å². The van der Waals surface area contributed by atoms with Crippen LogP contribution in [0, 0.1) is 0 Å². The van der Waals surface area contributed by atoms with E-state index in [0.29, 0.717) is 5.02 Å². The molecule has 2 unspecified atom stereocenters. The summed E-state index contributed by atoms with van der Waals surface area (Å²) in [5, 5.41) is 9.36. The Morgan fingerprint density at radius 2 is 2.20 bits per heavy atom. The van der Waals surface area contributed by atoms with E-state index in [-0.39, 0.29) is 18.9 Å². The van der Waals surface area contributed by atoms with Gasteiger partial charge in [-0.2, -0.15) is 0 Å². The van der Waals surface area contributed by atoms with Gasteiger partial charge in [0.2, 0.25) is 11.6 Å². The predicted octanol–water partition coefficient (Wildman–Crippen LogP) is 2.47. The van der Waals surface area contributed by atoms with E-state index >= 15 is 0 Å². The van der Waals surface area contributed by atoms with Crippen molar-refractivity contribution in [1.82, 2.24) is 4.90 Å². The van der Waals surface area contributed by atoms with Gasteiger partial charge in [-0.1, -0.05) is 23.7 Å². The van der Waals surface area contributed by atoms with Gasteiger partial charge in [-0.05, 0) is 24.6 Å². The van der Waals surface area contributed by atoms with Gasteiger partial charge in [-0.3, -0.25) is 4.79 Å². The lowest BCUT2D eigenvalue weighted by molar-refractivity contribution is -0.150. The molecule has 0 radical (unpaired) electrons. The first-order valence-corrected chi connectivity index (χ1v) is 6.68. The number of nitrogens with zero attached hydrogens (tertiary/aromatic N) is 1. The molecule has 1 aromatic carbocycles. The van der Waals surface area contributed by atoms with E-state index in [1.54, 1.807) is 31.2 Å². The first-order valence-electron chi connectivity index (χ1n) is 6.30. The number of benzene rings is 1. The molecule has 1 N–H and O–H groups in total. The second-order valence-corrected chi connectivity index (χ2v) is 5.49. The molecule has 1 aliphatic heterocycles. The second-order valence-electron chi connectivity index (χ2n) is 5.06. The number of carboxylic acids is 1. The van der Waals surface area contributed by atoms with Gasteiger partial charge in [-0.15, -0.1) is 0 Å². The fourth-order valence-corrected chi connectivity index (χ4v) is 2.53. The second kappa shape index (κ2) is 5.40. The summed E-state index contributed by atoms with van der Waals surface area (Å²) in [4.78, 5) is 24.4. The lowest BCUT2D eigenvalue weighted by Gasteiger charge is -2.22. The van der Waals surface area contributed by atoms with Crippen LogP contribution in [-0.2, 0) is 9.59 Å². The molecule has 2 rings (SSSR count). The zero-order chi connectivity index (χ0) is 14.9. The van der Waals surface area contributed by atoms with Crippen molar-refractivity contribution in [2.45, 2.75) is 24.9 Å². The molecule has 108 valence electrons. The molecule has 1 saturated heterocycles. The highest BCUT2D eigenvalue weighted by Gasteiger charge is 2.47. The lowest BCUT2D eigenvalue weighted by atomic mass is 10.00. The average Bonchev–Trinajstić information content (AvgIpc) is 2.81. The molecule has 1 heterocycles. The third kappa shape index (κ3) is 2.77. The van der Waals surface area contributed by atoms with Crippen LogP contribution in [0.15, 0.2) is 24.3 Å². The van der Waals surface area contributed by atoms with Crippen molar-refractivity contribution in [3.8, 4) is 0 Å². The van der Waals surface area contributed by atoms with Crippen molar-refractivity contribution in [3.63, 3.8) is 0 Å². The number of aliphatic carboxylic acids is 1. The highest BCUT2D eigenvalue weighted by Crippen LogP contribution is 2.29. The third-order valence-electron chi connectivity index (χ3n) is 3.63. The maximum absolute atomic E-state index is 14.0. The summed E-state index contributed by atoms with van der Waals surface area (Å²) in [7, 11) is 0. The molecular weight excluding hydrogens is 285 g/mol. The smallest absolute Gasteiger partial charge is 0.343 e. The molecular formula is C14H15ClFNO3. The van der Waals surface area contributed by atoms with Crippen LogP contribution in [0.4, 0.5) is 4.39 Å². The Morgan fingerprint density at radius 3 is 2.75 bits per heavy atom. The molecule has 1 aromatic rings. The summed E-state index contributed by atoms with van der Waals surface area (Å²) in [6.07, 6.45) is -0.170. The number of rotatable bonds is 3. The molecule has 6 heteroatoms. The van der Waals surface area contributed by atoms with E-state index in [1.807, 2.05) is 0 Å². The van der Waals surface area contributed by atoms with Gasteiger partial charge >= 0.3 is 5.97 Å². The minimum atomic E-state index is -2.33. The minimum Gasteiger partial charge on any atom is -0.479 e. The van der Waals surface area contributed by atoms with Gasteiger partial charge in [0.05, 0.1) is 12.5 Å². The van der Waals surface area contributed by atoms with Crippen LogP contribution in [0.5, 0.6) is 0 Å². The Kier molecular flexibility index (Phi) is 3.99. The van der Waals surface area contributed by atoms with Crippen LogP contribution in [0.2, 0.25) is 5.02 Å². The van der Waals surface area contributed by atoms with Gasteiger partial charge in [0, 0.05) is 18.0 Å². The van der Waals surface area contributed by atoms with E-state index < -0.39 is 24.1 Å². The average molecular weight is 300 g/mol. The summed E-state index contributed by atoms with van der Waals surface area (Å²) in [6, 6.07) is 6.89. The highest BCUT2D eigenvalue weighted by molar-refractivity contribution is 6.30. The summed E-state index contributed by atoms with van der Waals surface area (Å²) >= 11 is 5.88. The fraction of sp³-hybridized carbons (Fsp3) is 0.429. The van der Waals surface area contributed by atoms with Gasteiger partial charge in [0.15, 0.2) is 0 Å². The molecule has 0 spiro atoms. The van der Waals surface area contributed by atoms with Gasteiger partial charge in [0.1, 0.15) is 0 Å². The third-order valence-corrected chi connectivity index (χ3v) is 3.87. The minimum absolute atomic E-state index is 0.118. The van der Waals surface area contributed by atoms with Crippen molar-refractivity contribution in [3.05, 3.63) is 34.9 Å². The zero-order valence-corrected chi connectivity index (χ0v) is 11.7. The molecule has 0 aromatic heterocycles. The van der Waals surface area contributed by atoms with E-state index in [1.165, 1.54) is 4.90 Å². The molecule has 1 aliphatic rings. The Morgan fingerprint density at radius 1 is 1.50 bits per heavy atom. The van der Waals surface area contributed by atoms with Crippen LogP contribution < -0.4 is 0 Å². The standard InChI is InChI=1S/C14H15ClFNO3/c1-9(10-3-2-4-11(15)7-10)12(18)17-6-5-14(16,8-17)13(19)20/h2-4,7,9H,5-6,8H2,1H3,(H,19,20). The summed E-state index contributed by atoms with van der Waals surface area (Å²) in [6.45, 7) is 1.42. The van der Waals surface area contributed by atoms with E-state index in [2.05, 4.69) is 0 Å². The molecule has 0 saturated carbocycles. The molecule has 0 aliphatic carbocycles. The maximum Gasteiger partial charge on any atom is 0.343 e. The Balaban J connectivity index is 2.11. The summed E-state index contributed by atoms with van der Waals surface area (Å²) in [5.74, 6) is -2.28. The Labute approximate surface area is 121 Å². The summed E-state index contributed by atoms with van der Waals surface area (Å²) in [5.41, 5.74) is -1.60. The first kappa shape index (κ1) is 14.8. The topological polar surface area (TPSA) is 57.6 Å². The van der Waals surface area contributed by atoms with Gasteiger partial charge in [-0.25, -0.2) is 9.18 Å². The largest absolute Gasteiger partial charge is 0.479 e. The van der Waals surface area contributed by atoms with Crippen molar-refractivity contribution in [2.75, 3.05) is 13.1 Å². The molecule has 1 amide bonds. The van der Waals surface area contributed by atoms with Crippen LogP contribution in [-0.4, -0.2) is 40.6 Å². The van der Waals surface area contributed by atoms with Gasteiger partial charge in [0.25, 0.3) is 0 Å². The molecule has 20 heavy (non-hydrogen) atoms. The molecule has 2 atom stereocenters. The molecule has 0 bridgehead atoms.